The van der Waals surface area contributed by atoms with Gasteiger partial charge in [0.2, 0.25) is 5.91 Å². The van der Waals surface area contributed by atoms with Gasteiger partial charge in [0.1, 0.15) is 0 Å². The van der Waals surface area contributed by atoms with Crippen molar-refractivity contribution in [1.82, 2.24) is 4.90 Å². The van der Waals surface area contributed by atoms with E-state index in [4.69, 9.17) is 5.73 Å². The number of benzene rings is 1. The van der Waals surface area contributed by atoms with Crippen LogP contribution in [0.1, 0.15) is 38.2 Å². The van der Waals surface area contributed by atoms with Crippen LogP contribution in [0.15, 0.2) is 30.3 Å². The number of carbonyl (C=O) groups is 1. The van der Waals surface area contributed by atoms with Gasteiger partial charge in [0, 0.05) is 13.1 Å². The van der Waals surface area contributed by atoms with E-state index >= 15 is 0 Å². The number of nitrogens with two attached hydrogens (primary N) is 1. The van der Waals surface area contributed by atoms with Crippen LogP contribution >= 0.6 is 0 Å². The van der Waals surface area contributed by atoms with Crippen LogP contribution in [-0.2, 0) is 11.2 Å². The maximum atomic E-state index is 13.0. The third kappa shape index (κ3) is 2.71. The second-order valence-corrected chi connectivity index (χ2v) is 7.29. The molecular weight excluding hydrogens is 260 g/mol. The zero-order valence-corrected chi connectivity index (χ0v) is 13.0. The van der Waals surface area contributed by atoms with Gasteiger partial charge < -0.3 is 10.6 Å². The number of rotatable bonds is 4. The molecule has 3 nitrogen and oxygen atoms in total. The van der Waals surface area contributed by atoms with Gasteiger partial charge in [-0.1, -0.05) is 43.7 Å². The smallest absolute Gasteiger partial charge is 0.229 e. The molecular formula is C18H26N2O. The van der Waals surface area contributed by atoms with Gasteiger partial charge in [-0.2, -0.15) is 0 Å². The Morgan fingerprint density at radius 1 is 1.24 bits per heavy atom. The Kier molecular flexibility index (Phi) is 3.78. The van der Waals surface area contributed by atoms with Crippen molar-refractivity contribution < 1.29 is 4.79 Å². The van der Waals surface area contributed by atoms with Gasteiger partial charge in [-0.25, -0.2) is 0 Å². The maximum absolute atomic E-state index is 13.0. The van der Waals surface area contributed by atoms with Gasteiger partial charge in [0.05, 0.1) is 5.41 Å². The molecule has 21 heavy (non-hydrogen) atoms. The Labute approximate surface area is 127 Å². The van der Waals surface area contributed by atoms with Gasteiger partial charge in [0.25, 0.3) is 0 Å². The van der Waals surface area contributed by atoms with Crippen molar-refractivity contribution in [2.24, 2.45) is 16.6 Å². The minimum absolute atomic E-state index is 0.118. The lowest BCUT2D eigenvalue weighted by Crippen LogP contribution is -2.49. The topological polar surface area (TPSA) is 46.3 Å². The lowest BCUT2D eigenvalue weighted by molar-refractivity contribution is -0.146. The highest BCUT2D eigenvalue weighted by Gasteiger charge is 2.48. The lowest BCUT2D eigenvalue weighted by atomic mass is 9.64. The SMILES string of the molecule is CC1(CN)CCN(C(=O)C2(Cc3ccccc3)CCC2)C1. The van der Waals surface area contributed by atoms with Crippen molar-refractivity contribution in [2.75, 3.05) is 19.6 Å². The summed E-state index contributed by atoms with van der Waals surface area (Å²) in [5, 5.41) is 0. The first-order valence-electron chi connectivity index (χ1n) is 8.10. The van der Waals surface area contributed by atoms with Crippen molar-refractivity contribution in [3.8, 4) is 0 Å². The fourth-order valence-electron chi connectivity index (χ4n) is 3.76. The molecule has 2 aliphatic rings. The maximum Gasteiger partial charge on any atom is 0.229 e. The van der Waals surface area contributed by atoms with E-state index in [-0.39, 0.29) is 10.8 Å². The van der Waals surface area contributed by atoms with E-state index in [2.05, 4.69) is 36.1 Å². The molecule has 2 N–H and O–H groups in total. The van der Waals surface area contributed by atoms with Gasteiger partial charge in [0.15, 0.2) is 0 Å². The molecule has 1 aromatic rings. The van der Waals surface area contributed by atoms with Gasteiger partial charge in [-0.05, 0) is 43.2 Å². The minimum Gasteiger partial charge on any atom is -0.342 e. The van der Waals surface area contributed by atoms with E-state index in [1.165, 1.54) is 12.0 Å². The third-order valence-corrected chi connectivity index (χ3v) is 5.49. The molecule has 3 rings (SSSR count). The van der Waals surface area contributed by atoms with Crippen LogP contribution in [0.25, 0.3) is 0 Å². The summed E-state index contributed by atoms with van der Waals surface area (Å²) in [4.78, 5) is 15.1. The average Bonchev–Trinajstić information content (AvgIpc) is 2.87. The van der Waals surface area contributed by atoms with Crippen LogP contribution < -0.4 is 5.73 Å². The van der Waals surface area contributed by atoms with Crippen molar-refractivity contribution in [3.05, 3.63) is 35.9 Å². The van der Waals surface area contributed by atoms with Crippen LogP contribution in [0.3, 0.4) is 0 Å². The Balaban J connectivity index is 1.73. The van der Waals surface area contributed by atoms with Crippen LogP contribution in [0.4, 0.5) is 0 Å². The molecule has 0 radical (unpaired) electrons. The van der Waals surface area contributed by atoms with Gasteiger partial charge in [-0.3, -0.25) is 4.79 Å². The molecule has 1 aliphatic heterocycles. The number of likely N-dealkylation sites (tertiary alicyclic amines) is 1. The molecule has 3 heteroatoms. The Morgan fingerprint density at radius 2 is 1.95 bits per heavy atom. The number of hydrogen-bond donors (Lipinski definition) is 1. The second-order valence-electron chi connectivity index (χ2n) is 7.29. The molecule has 1 amide bonds. The van der Waals surface area contributed by atoms with Crippen LogP contribution in [0, 0.1) is 10.8 Å². The number of hydrogen-bond acceptors (Lipinski definition) is 2. The summed E-state index contributed by atoms with van der Waals surface area (Å²) in [5.74, 6) is 0.370. The molecule has 1 heterocycles. The van der Waals surface area contributed by atoms with Crippen molar-refractivity contribution in [3.63, 3.8) is 0 Å². The van der Waals surface area contributed by atoms with E-state index in [0.717, 1.165) is 38.8 Å². The number of carbonyl (C=O) groups excluding carboxylic acids is 1. The fourth-order valence-corrected chi connectivity index (χ4v) is 3.76. The highest BCUT2D eigenvalue weighted by atomic mass is 16.2. The summed E-state index contributed by atoms with van der Waals surface area (Å²) >= 11 is 0. The Hall–Kier alpha value is -1.35. The van der Waals surface area contributed by atoms with Crippen molar-refractivity contribution in [1.29, 1.82) is 0 Å². The van der Waals surface area contributed by atoms with Gasteiger partial charge in [-0.15, -0.1) is 0 Å². The molecule has 1 unspecified atom stereocenters. The largest absolute Gasteiger partial charge is 0.342 e. The van der Waals surface area contributed by atoms with Crippen LogP contribution in [0.5, 0.6) is 0 Å². The first kappa shape index (κ1) is 14.6. The second kappa shape index (κ2) is 5.45. The summed E-state index contributed by atoms with van der Waals surface area (Å²) < 4.78 is 0. The average molecular weight is 286 g/mol. The highest BCUT2D eigenvalue weighted by molar-refractivity contribution is 5.84. The summed E-state index contributed by atoms with van der Waals surface area (Å²) in [5.41, 5.74) is 7.14. The molecule has 2 fully saturated rings. The predicted molar refractivity (Wildman–Crippen MR) is 84.8 cm³/mol. The summed E-state index contributed by atoms with van der Waals surface area (Å²) in [6.45, 7) is 4.58. The first-order valence-corrected chi connectivity index (χ1v) is 8.10. The minimum atomic E-state index is -0.138. The molecule has 1 atom stereocenters. The zero-order chi connectivity index (χ0) is 14.9. The molecule has 1 aromatic carbocycles. The Morgan fingerprint density at radius 3 is 2.48 bits per heavy atom. The van der Waals surface area contributed by atoms with Crippen molar-refractivity contribution >= 4 is 5.91 Å². The van der Waals surface area contributed by atoms with E-state index < -0.39 is 0 Å². The fraction of sp³-hybridized carbons (Fsp3) is 0.611. The summed E-state index contributed by atoms with van der Waals surface area (Å²) in [6.07, 6.45) is 5.19. The van der Waals surface area contributed by atoms with E-state index in [1.807, 2.05) is 6.07 Å². The van der Waals surface area contributed by atoms with Crippen LogP contribution in [0.2, 0.25) is 0 Å². The normalized spacial score (nSPS) is 27.4. The molecule has 1 aliphatic carbocycles. The van der Waals surface area contributed by atoms with Crippen LogP contribution in [-0.4, -0.2) is 30.4 Å². The molecule has 0 aromatic heterocycles. The van der Waals surface area contributed by atoms with Crippen molar-refractivity contribution in [2.45, 2.75) is 39.0 Å². The van der Waals surface area contributed by atoms with E-state index in [9.17, 15) is 4.79 Å². The molecule has 114 valence electrons. The summed E-state index contributed by atoms with van der Waals surface area (Å²) in [7, 11) is 0. The molecule has 1 saturated carbocycles. The highest BCUT2D eigenvalue weighted by Crippen LogP contribution is 2.46. The van der Waals surface area contributed by atoms with E-state index in [0.29, 0.717) is 12.5 Å². The van der Waals surface area contributed by atoms with Gasteiger partial charge >= 0.3 is 0 Å². The van der Waals surface area contributed by atoms with E-state index in [1.54, 1.807) is 0 Å². The molecule has 0 spiro atoms. The standard InChI is InChI=1S/C18H26N2O/c1-17(13-19)10-11-20(14-17)16(21)18(8-5-9-18)12-15-6-3-2-4-7-15/h2-4,6-7H,5,8-14,19H2,1H3. The monoisotopic (exact) mass is 286 g/mol. The Bertz CT molecular complexity index is 509. The number of amides is 1. The summed E-state index contributed by atoms with van der Waals surface area (Å²) in [6, 6.07) is 10.4. The molecule has 1 saturated heterocycles. The third-order valence-electron chi connectivity index (χ3n) is 5.49. The quantitative estimate of drug-likeness (QED) is 0.925. The zero-order valence-electron chi connectivity index (χ0n) is 13.0. The predicted octanol–water partition coefficient (Wildman–Crippen LogP) is 2.60. The lowest BCUT2D eigenvalue weighted by Gasteiger charge is -2.43. The first-order chi connectivity index (χ1) is 10.1. The molecule has 0 bridgehead atoms. The number of nitrogens with zero attached hydrogens (tertiary/aromatic N) is 1.